The molecule has 0 bridgehead atoms. The third kappa shape index (κ3) is 4.49. The molecule has 0 saturated heterocycles. The number of Topliss-reactive ketones (excluding diaryl/α,β-unsaturated/α-hetero) is 1. The standard InChI is InChI=1S/C15H22O3/c1-11(2)10-18-15-6-5-12(3)9-13(15)14(16)7-8-17-4/h5-6,9,11H,7-8,10H2,1-4H3. The molecule has 100 valence electrons. The fourth-order valence-electron chi connectivity index (χ4n) is 1.57. The van der Waals surface area contributed by atoms with Crippen LogP contribution >= 0.6 is 0 Å². The van der Waals surface area contributed by atoms with Crippen molar-refractivity contribution in [3.63, 3.8) is 0 Å². The maximum absolute atomic E-state index is 12.1. The van der Waals surface area contributed by atoms with E-state index < -0.39 is 0 Å². The summed E-state index contributed by atoms with van der Waals surface area (Å²) in [5, 5.41) is 0. The van der Waals surface area contributed by atoms with Gasteiger partial charge < -0.3 is 9.47 Å². The van der Waals surface area contributed by atoms with Crippen LogP contribution in [0.15, 0.2) is 18.2 Å². The van der Waals surface area contributed by atoms with Crippen LogP contribution < -0.4 is 4.74 Å². The summed E-state index contributed by atoms with van der Waals surface area (Å²) < 4.78 is 10.6. The van der Waals surface area contributed by atoms with E-state index >= 15 is 0 Å². The Kier molecular flexibility index (Phi) is 5.86. The summed E-state index contributed by atoms with van der Waals surface area (Å²) in [5.74, 6) is 1.18. The molecule has 0 aliphatic heterocycles. The van der Waals surface area contributed by atoms with Gasteiger partial charge in [-0.05, 0) is 25.0 Å². The molecule has 0 saturated carbocycles. The molecule has 0 atom stereocenters. The van der Waals surface area contributed by atoms with Crippen molar-refractivity contribution >= 4 is 5.78 Å². The summed E-state index contributed by atoms with van der Waals surface area (Å²) in [7, 11) is 1.60. The molecule has 0 fully saturated rings. The van der Waals surface area contributed by atoms with Gasteiger partial charge in [-0.25, -0.2) is 0 Å². The van der Waals surface area contributed by atoms with Crippen LogP contribution in [-0.2, 0) is 4.74 Å². The molecular formula is C15H22O3. The Balaban J connectivity index is 2.85. The van der Waals surface area contributed by atoms with Crippen molar-refractivity contribution in [3.8, 4) is 5.75 Å². The zero-order chi connectivity index (χ0) is 13.5. The molecule has 0 amide bonds. The fraction of sp³-hybridized carbons (Fsp3) is 0.533. The van der Waals surface area contributed by atoms with Crippen LogP contribution in [0.5, 0.6) is 5.75 Å². The van der Waals surface area contributed by atoms with E-state index in [4.69, 9.17) is 9.47 Å². The molecule has 0 spiro atoms. The van der Waals surface area contributed by atoms with Gasteiger partial charge >= 0.3 is 0 Å². The molecule has 18 heavy (non-hydrogen) atoms. The third-order valence-corrected chi connectivity index (χ3v) is 2.54. The number of carbonyl (C=O) groups excluding carboxylic acids is 1. The first-order chi connectivity index (χ1) is 8.54. The second-order valence-corrected chi connectivity index (χ2v) is 4.87. The highest BCUT2D eigenvalue weighted by Gasteiger charge is 2.13. The summed E-state index contributed by atoms with van der Waals surface area (Å²) in [5.41, 5.74) is 1.72. The number of carbonyl (C=O) groups is 1. The SMILES string of the molecule is COCCC(=O)c1cc(C)ccc1OCC(C)C. The van der Waals surface area contributed by atoms with Crippen LogP contribution in [0.4, 0.5) is 0 Å². The van der Waals surface area contributed by atoms with Crippen molar-refractivity contribution in [2.45, 2.75) is 27.2 Å². The Morgan fingerprint density at radius 1 is 1.33 bits per heavy atom. The molecule has 3 heteroatoms. The molecular weight excluding hydrogens is 228 g/mol. The first-order valence-electron chi connectivity index (χ1n) is 6.30. The van der Waals surface area contributed by atoms with Crippen LogP contribution in [0.1, 0.15) is 36.2 Å². The van der Waals surface area contributed by atoms with E-state index in [2.05, 4.69) is 13.8 Å². The predicted octanol–water partition coefficient (Wildman–Crippen LogP) is 3.25. The highest BCUT2D eigenvalue weighted by Crippen LogP contribution is 2.22. The first-order valence-corrected chi connectivity index (χ1v) is 6.30. The molecule has 1 aromatic carbocycles. The van der Waals surface area contributed by atoms with Gasteiger partial charge in [0.1, 0.15) is 5.75 Å². The van der Waals surface area contributed by atoms with Gasteiger partial charge in [0.2, 0.25) is 0 Å². The number of rotatable bonds is 7. The molecule has 1 aromatic rings. The quantitative estimate of drug-likeness (QED) is 0.697. The zero-order valence-corrected chi connectivity index (χ0v) is 11.7. The van der Waals surface area contributed by atoms with Gasteiger partial charge in [0.15, 0.2) is 5.78 Å². The fourth-order valence-corrected chi connectivity index (χ4v) is 1.57. The van der Waals surface area contributed by atoms with Crippen LogP contribution in [0.25, 0.3) is 0 Å². The smallest absolute Gasteiger partial charge is 0.168 e. The Bertz CT molecular complexity index is 397. The van der Waals surface area contributed by atoms with Gasteiger partial charge in [0, 0.05) is 13.5 Å². The molecule has 0 aliphatic carbocycles. The molecule has 0 radical (unpaired) electrons. The van der Waals surface area contributed by atoms with Crippen molar-refractivity contribution in [1.82, 2.24) is 0 Å². The molecule has 3 nitrogen and oxygen atoms in total. The second kappa shape index (κ2) is 7.17. The predicted molar refractivity (Wildman–Crippen MR) is 72.3 cm³/mol. The van der Waals surface area contributed by atoms with Gasteiger partial charge in [-0.3, -0.25) is 4.79 Å². The average molecular weight is 250 g/mol. The summed E-state index contributed by atoms with van der Waals surface area (Å²) in [4.78, 5) is 12.1. The Morgan fingerprint density at radius 2 is 2.06 bits per heavy atom. The summed E-state index contributed by atoms with van der Waals surface area (Å²) in [6, 6.07) is 5.72. The van der Waals surface area contributed by atoms with Crippen LogP contribution in [-0.4, -0.2) is 26.1 Å². The van der Waals surface area contributed by atoms with E-state index in [0.717, 1.165) is 5.56 Å². The number of hydrogen-bond acceptors (Lipinski definition) is 3. The number of hydrogen-bond donors (Lipinski definition) is 0. The highest BCUT2D eigenvalue weighted by atomic mass is 16.5. The van der Waals surface area contributed by atoms with E-state index in [1.165, 1.54) is 0 Å². The largest absolute Gasteiger partial charge is 0.493 e. The van der Waals surface area contributed by atoms with Crippen LogP contribution in [0.3, 0.4) is 0 Å². The van der Waals surface area contributed by atoms with Gasteiger partial charge in [-0.1, -0.05) is 25.5 Å². The Hall–Kier alpha value is -1.35. The molecule has 0 N–H and O–H groups in total. The van der Waals surface area contributed by atoms with E-state index in [1.54, 1.807) is 7.11 Å². The van der Waals surface area contributed by atoms with Crippen molar-refractivity contribution < 1.29 is 14.3 Å². The van der Waals surface area contributed by atoms with Gasteiger partial charge in [-0.2, -0.15) is 0 Å². The Morgan fingerprint density at radius 3 is 2.67 bits per heavy atom. The first kappa shape index (κ1) is 14.7. The minimum atomic E-state index is 0.0688. The summed E-state index contributed by atoms with van der Waals surface area (Å²) in [6.45, 7) is 7.20. The average Bonchev–Trinajstić information content (AvgIpc) is 2.34. The lowest BCUT2D eigenvalue weighted by atomic mass is 10.0. The van der Waals surface area contributed by atoms with Crippen LogP contribution in [0, 0.1) is 12.8 Å². The molecule has 1 rings (SSSR count). The number of benzene rings is 1. The van der Waals surface area contributed by atoms with Gasteiger partial charge in [0.25, 0.3) is 0 Å². The maximum atomic E-state index is 12.1. The molecule has 0 unspecified atom stereocenters. The molecule has 0 aromatic heterocycles. The lowest BCUT2D eigenvalue weighted by Crippen LogP contribution is -2.10. The number of methoxy groups -OCH3 is 1. The van der Waals surface area contributed by atoms with Crippen molar-refractivity contribution in [1.29, 1.82) is 0 Å². The van der Waals surface area contributed by atoms with Crippen LogP contribution in [0.2, 0.25) is 0 Å². The maximum Gasteiger partial charge on any atom is 0.168 e. The Labute approximate surface area is 109 Å². The highest BCUT2D eigenvalue weighted by molar-refractivity contribution is 5.98. The minimum absolute atomic E-state index is 0.0688. The van der Waals surface area contributed by atoms with Gasteiger partial charge in [-0.15, -0.1) is 0 Å². The number of ether oxygens (including phenoxy) is 2. The lowest BCUT2D eigenvalue weighted by molar-refractivity contribution is 0.0927. The lowest BCUT2D eigenvalue weighted by Gasteiger charge is -2.13. The second-order valence-electron chi connectivity index (χ2n) is 4.87. The summed E-state index contributed by atoms with van der Waals surface area (Å²) >= 11 is 0. The van der Waals surface area contributed by atoms with E-state index in [-0.39, 0.29) is 5.78 Å². The monoisotopic (exact) mass is 250 g/mol. The number of ketones is 1. The normalized spacial score (nSPS) is 10.7. The van der Waals surface area contributed by atoms with Crippen molar-refractivity contribution in [2.75, 3.05) is 20.3 Å². The molecule has 0 aliphatic rings. The van der Waals surface area contributed by atoms with E-state index in [9.17, 15) is 4.79 Å². The zero-order valence-electron chi connectivity index (χ0n) is 11.7. The third-order valence-electron chi connectivity index (χ3n) is 2.54. The van der Waals surface area contributed by atoms with Gasteiger partial charge in [0.05, 0.1) is 18.8 Å². The van der Waals surface area contributed by atoms with Crippen molar-refractivity contribution in [3.05, 3.63) is 29.3 Å². The number of aryl methyl sites for hydroxylation is 1. The van der Waals surface area contributed by atoms with Crippen molar-refractivity contribution in [2.24, 2.45) is 5.92 Å². The summed E-state index contributed by atoms with van der Waals surface area (Å²) in [6.07, 6.45) is 0.387. The van der Waals surface area contributed by atoms with E-state index in [1.807, 2.05) is 25.1 Å². The molecule has 0 heterocycles. The topological polar surface area (TPSA) is 35.5 Å². The van der Waals surface area contributed by atoms with E-state index in [0.29, 0.717) is 36.9 Å². The minimum Gasteiger partial charge on any atom is -0.493 e.